The first-order chi connectivity index (χ1) is 8.19. The fraction of sp³-hybridized carbons (Fsp3) is 0.455. The van der Waals surface area contributed by atoms with Gasteiger partial charge in [0.15, 0.2) is 5.75 Å². The molecule has 92 valence electrons. The van der Waals surface area contributed by atoms with E-state index in [2.05, 4.69) is 23.9 Å². The summed E-state index contributed by atoms with van der Waals surface area (Å²) in [6, 6.07) is 0.343. The van der Waals surface area contributed by atoms with Crippen molar-refractivity contribution in [3.8, 4) is 5.75 Å². The Hall–Kier alpha value is -1.40. The molecular formula is C11H16N4OS. The van der Waals surface area contributed by atoms with Crippen LogP contribution in [-0.4, -0.2) is 14.8 Å². The predicted octanol–water partition coefficient (Wildman–Crippen LogP) is 1.96. The van der Waals surface area contributed by atoms with Gasteiger partial charge >= 0.3 is 0 Å². The van der Waals surface area contributed by atoms with Crippen LogP contribution in [0.25, 0.3) is 0 Å². The summed E-state index contributed by atoms with van der Waals surface area (Å²) in [7, 11) is 0. The number of ether oxygens (including phenoxy) is 1. The zero-order chi connectivity index (χ0) is 12.3. The second kappa shape index (κ2) is 5.29. The fourth-order valence-electron chi connectivity index (χ4n) is 1.34. The zero-order valence-corrected chi connectivity index (χ0v) is 10.8. The Labute approximate surface area is 104 Å². The quantitative estimate of drug-likeness (QED) is 0.883. The van der Waals surface area contributed by atoms with Gasteiger partial charge < -0.3 is 10.5 Å². The topological polar surface area (TPSA) is 66.0 Å². The van der Waals surface area contributed by atoms with Gasteiger partial charge in [-0.05, 0) is 13.8 Å². The molecule has 0 saturated heterocycles. The maximum absolute atomic E-state index is 5.60. The maximum atomic E-state index is 5.60. The van der Waals surface area contributed by atoms with Crippen molar-refractivity contribution in [3.63, 3.8) is 0 Å². The molecule has 0 spiro atoms. The van der Waals surface area contributed by atoms with E-state index in [0.29, 0.717) is 19.2 Å². The normalized spacial score (nSPS) is 11.1. The Morgan fingerprint density at radius 2 is 2.35 bits per heavy atom. The van der Waals surface area contributed by atoms with Gasteiger partial charge in [-0.1, -0.05) is 0 Å². The molecule has 0 aromatic carbocycles. The van der Waals surface area contributed by atoms with E-state index in [9.17, 15) is 0 Å². The number of hydrogen-bond acceptors (Lipinski definition) is 5. The van der Waals surface area contributed by atoms with Crippen molar-refractivity contribution in [2.75, 3.05) is 0 Å². The van der Waals surface area contributed by atoms with E-state index in [1.165, 1.54) is 0 Å². The minimum absolute atomic E-state index is 0.343. The second-order valence-electron chi connectivity index (χ2n) is 3.98. The van der Waals surface area contributed by atoms with Crippen molar-refractivity contribution >= 4 is 11.3 Å². The van der Waals surface area contributed by atoms with Crippen molar-refractivity contribution < 1.29 is 4.74 Å². The molecule has 0 aliphatic carbocycles. The van der Waals surface area contributed by atoms with E-state index in [1.54, 1.807) is 17.5 Å². The number of rotatable bonds is 5. The molecule has 5 nitrogen and oxygen atoms in total. The predicted molar refractivity (Wildman–Crippen MR) is 66.9 cm³/mol. The van der Waals surface area contributed by atoms with E-state index in [1.807, 2.05) is 16.3 Å². The Morgan fingerprint density at radius 1 is 1.53 bits per heavy atom. The lowest BCUT2D eigenvalue weighted by atomic mass is 10.4. The highest BCUT2D eigenvalue weighted by Crippen LogP contribution is 2.15. The van der Waals surface area contributed by atoms with Crippen LogP contribution in [0.3, 0.4) is 0 Å². The average Bonchev–Trinajstić information content (AvgIpc) is 2.95. The standard InChI is InChI=1S/C11H16N4OS/c1-8(2)15-5-10(4-13-15)16-6-9-7-17-11(3-12)14-9/h4-5,7-8H,3,6,12H2,1-2H3. The van der Waals surface area contributed by atoms with Crippen LogP contribution in [0.1, 0.15) is 30.6 Å². The third-order valence-electron chi connectivity index (χ3n) is 2.27. The molecule has 2 heterocycles. The summed E-state index contributed by atoms with van der Waals surface area (Å²) in [5, 5.41) is 7.10. The first kappa shape index (κ1) is 12.1. The molecule has 0 bridgehead atoms. The smallest absolute Gasteiger partial charge is 0.157 e. The van der Waals surface area contributed by atoms with Gasteiger partial charge in [-0.15, -0.1) is 11.3 Å². The molecule has 2 N–H and O–H groups in total. The lowest BCUT2D eigenvalue weighted by Crippen LogP contribution is -2.00. The van der Waals surface area contributed by atoms with Crippen LogP contribution < -0.4 is 10.5 Å². The fourth-order valence-corrected chi connectivity index (χ4v) is 2.00. The van der Waals surface area contributed by atoms with Gasteiger partial charge in [0.25, 0.3) is 0 Å². The zero-order valence-electron chi connectivity index (χ0n) is 9.96. The average molecular weight is 252 g/mol. The van der Waals surface area contributed by atoms with Gasteiger partial charge in [-0.3, -0.25) is 4.68 Å². The van der Waals surface area contributed by atoms with Crippen molar-refractivity contribution in [1.29, 1.82) is 0 Å². The van der Waals surface area contributed by atoms with Crippen molar-refractivity contribution in [3.05, 3.63) is 28.5 Å². The Morgan fingerprint density at radius 3 is 2.94 bits per heavy atom. The highest BCUT2D eigenvalue weighted by molar-refractivity contribution is 7.09. The van der Waals surface area contributed by atoms with E-state index in [-0.39, 0.29) is 0 Å². The molecule has 0 aliphatic rings. The minimum Gasteiger partial charge on any atom is -0.484 e. The molecule has 2 aromatic heterocycles. The van der Waals surface area contributed by atoms with Gasteiger partial charge in [-0.2, -0.15) is 5.10 Å². The van der Waals surface area contributed by atoms with Gasteiger partial charge in [0.2, 0.25) is 0 Å². The lowest BCUT2D eigenvalue weighted by molar-refractivity contribution is 0.301. The largest absolute Gasteiger partial charge is 0.484 e. The van der Waals surface area contributed by atoms with Crippen LogP contribution in [-0.2, 0) is 13.2 Å². The lowest BCUT2D eigenvalue weighted by Gasteiger charge is -2.03. The molecule has 0 saturated carbocycles. The summed E-state index contributed by atoms with van der Waals surface area (Å²) in [4.78, 5) is 4.33. The molecule has 0 unspecified atom stereocenters. The molecule has 0 fully saturated rings. The first-order valence-corrected chi connectivity index (χ1v) is 6.37. The van der Waals surface area contributed by atoms with E-state index < -0.39 is 0 Å². The molecule has 0 amide bonds. The molecular weight excluding hydrogens is 236 g/mol. The molecule has 17 heavy (non-hydrogen) atoms. The Balaban J connectivity index is 1.92. The number of nitrogens with zero attached hydrogens (tertiary/aromatic N) is 3. The van der Waals surface area contributed by atoms with Crippen LogP contribution in [0.2, 0.25) is 0 Å². The van der Waals surface area contributed by atoms with E-state index in [0.717, 1.165) is 16.5 Å². The number of nitrogens with two attached hydrogens (primary N) is 1. The van der Waals surface area contributed by atoms with Crippen molar-refractivity contribution in [2.45, 2.75) is 33.0 Å². The summed E-state index contributed by atoms with van der Waals surface area (Å²) >= 11 is 1.56. The van der Waals surface area contributed by atoms with Crippen LogP contribution >= 0.6 is 11.3 Å². The summed E-state index contributed by atoms with van der Waals surface area (Å²) in [5.74, 6) is 0.765. The van der Waals surface area contributed by atoms with Crippen molar-refractivity contribution in [1.82, 2.24) is 14.8 Å². The van der Waals surface area contributed by atoms with Gasteiger partial charge in [0.05, 0.1) is 18.1 Å². The summed E-state index contributed by atoms with van der Waals surface area (Å²) in [6.07, 6.45) is 3.61. The molecule has 0 atom stereocenters. The molecule has 6 heteroatoms. The third kappa shape index (κ3) is 3.04. The SMILES string of the molecule is CC(C)n1cc(OCc2csc(CN)n2)cn1. The minimum atomic E-state index is 0.343. The Kier molecular flexibility index (Phi) is 3.75. The molecule has 2 rings (SSSR count). The van der Waals surface area contributed by atoms with Crippen LogP contribution in [0.4, 0.5) is 0 Å². The highest BCUT2D eigenvalue weighted by Gasteiger charge is 2.04. The number of thiazole rings is 1. The van der Waals surface area contributed by atoms with Gasteiger partial charge in [0.1, 0.15) is 11.6 Å². The monoisotopic (exact) mass is 252 g/mol. The molecule has 0 radical (unpaired) electrons. The van der Waals surface area contributed by atoms with Gasteiger partial charge in [0, 0.05) is 18.0 Å². The van der Waals surface area contributed by atoms with Crippen LogP contribution in [0.15, 0.2) is 17.8 Å². The summed E-state index contributed by atoms with van der Waals surface area (Å²) < 4.78 is 7.46. The molecule has 2 aromatic rings. The number of aromatic nitrogens is 3. The summed E-state index contributed by atoms with van der Waals surface area (Å²) in [5.41, 5.74) is 6.41. The van der Waals surface area contributed by atoms with E-state index in [4.69, 9.17) is 10.5 Å². The summed E-state index contributed by atoms with van der Waals surface area (Å²) in [6.45, 7) is 5.09. The first-order valence-electron chi connectivity index (χ1n) is 5.49. The van der Waals surface area contributed by atoms with Gasteiger partial charge in [-0.25, -0.2) is 4.98 Å². The number of hydrogen-bond donors (Lipinski definition) is 1. The molecule has 0 aliphatic heterocycles. The maximum Gasteiger partial charge on any atom is 0.157 e. The van der Waals surface area contributed by atoms with Crippen molar-refractivity contribution in [2.24, 2.45) is 5.73 Å². The van der Waals surface area contributed by atoms with Crippen LogP contribution in [0.5, 0.6) is 5.75 Å². The van der Waals surface area contributed by atoms with Crippen LogP contribution in [0, 0.1) is 0 Å². The second-order valence-corrected chi connectivity index (χ2v) is 4.92. The Bertz CT molecular complexity index is 477. The van der Waals surface area contributed by atoms with E-state index >= 15 is 0 Å². The third-order valence-corrected chi connectivity index (χ3v) is 3.19. The highest BCUT2D eigenvalue weighted by atomic mass is 32.1.